The summed E-state index contributed by atoms with van der Waals surface area (Å²) in [6, 6.07) is 7.65. The minimum atomic E-state index is -0.0367. The number of amides is 1. The fourth-order valence-electron chi connectivity index (χ4n) is 1.37. The van der Waals surface area contributed by atoms with E-state index in [0.717, 1.165) is 11.3 Å². The molecule has 0 bridgehead atoms. The predicted molar refractivity (Wildman–Crippen MR) is 61.3 cm³/mol. The van der Waals surface area contributed by atoms with Crippen LogP contribution >= 0.6 is 0 Å². The third-order valence-electron chi connectivity index (χ3n) is 2.25. The zero-order chi connectivity index (χ0) is 12.0. The molecule has 4 nitrogen and oxygen atoms in total. The minimum absolute atomic E-state index is 0.0367. The molecule has 16 heavy (non-hydrogen) atoms. The molecule has 0 spiro atoms. The van der Waals surface area contributed by atoms with Crippen LogP contribution in [0.15, 0.2) is 24.3 Å². The number of hydrogen-bond donors (Lipinski definition) is 0. The first kappa shape index (κ1) is 12.5. The minimum Gasteiger partial charge on any atom is -0.497 e. The van der Waals surface area contributed by atoms with E-state index in [1.54, 1.807) is 19.1 Å². The van der Waals surface area contributed by atoms with Crippen molar-refractivity contribution in [3.63, 3.8) is 0 Å². The van der Waals surface area contributed by atoms with Crippen molar-refractivity contribution in [3.05, 3.63) is 29.8 Å². The van der Waals surface area contributed by atoms with Crippen molar-refractivity contribution in [3.8, 4) is 5.75 Å². The highest BCUT2D eigenvalue weighted by atomic mass is 16.5. The van der Waals surface area contributed by atoms with Gasteiger partial charge in [-0.15, -0.1) is 0 Å². The Bertz CT molecular complexity index is 352. The van der Waals surface area contributed by atoms with Crippen LogP contribution in [0.1, 0.15) is 5.56 Å². The van der Waals surface area contributed by atoms with Gasteiger partial charge in [-0.25, -0.2) is 0 Å². The van der Waals surface area contributed by atoms with Crippen molar-refractivity contribution in [2.24, 2.45) is 0 Å². The summed E-state index contributed by atoms with van der Waals surface area (Å²) >= 11 is 0. The second kappa shape index (κ2) is 6.12. The Morgan fingerprint density at radius 1 is 1.38 bits per heavy atom. The van der Waals surface area contributed by atoms with Crippen LogP contribution in [0.3, 0.4) is 0 Å². The summed E-state index contributed by atoms with van der Waals surface area (Å²) < 4.78 is 9.91. The second-order valence-electron chi connectivity index (χ2n) is 3.53. The van der Waals surface area contributed by atoms with Gasteiger partial charge < -0.3 is 14.4 Å². The molecular weight excluding hydrogens is 206 g/mol. The van der Waals surface area contributed by atoms with Gasteiger partial charge in [-0.1, -0.05) is 12.1 Å². The molecule has 0 aliphatic rings. The van der Waals surface area contributed by atoms with Gasteiger partial charge in [0.2, 0.25) is 5.91 Å². The Morgan fingerprint density at radius 2 is 2.12 bits per heavy atom. The first-order valence-corrected chi connectivity index (χ1v) is 5.03. The maximum Gasteiger partial charge on any atom is 0.248 e. The molecule has 1 rings (SSSR count). The number of carbonyl (C=O) groups is 1. The quantitative estimate of drug-likeness (QED) is 0.755. The second-order valence-corrected chi connectivity index (χ2v) is 3.53. The monoisotopic (exact) mass is 223 g/mol. The molecule has 0 N–H and O–H groups in total. The van der Waals surface area contributed by atoms with E-state index in [1.165, 1.54) is 7.11 Å². The lowest BCUT2D eigenvalue weighted by atomic mass is 10.2. The average molecular weight is 223 g/mol. The number of carbonyl (C=O) groups excluding carboxylic acids is 1. The van der Waals surface area contributed by atoms with Crippen molar-refractivity contribution in [1.82, 2.24) is 4.90 Å². The highest BCUT2D eigenvalue weighted by molar-refractivity contribution is 5.77. The fraction of sp³-hybridized carbons (Fsp3) is 0.417. The number of benzene rings is 1. The Labute approximate surface area is 95.8 Å². The van der Waals surface area contributed by atoms with Gasteiger partial charge in [0, 0.05) is 20.7 Å². The fourth-order valence-corrected chi connectivity index (χ4v) is 1.37. The Hall–Kier alpha value is -1.55. The maximum absolute atomic E-state index is 11.5. The van der Waals surface area contributed by atoms with Crippen LogP contribution in [-0.2, 0) is 16.1 Å². The Balaban J connectivity index is 2.61. The lowest BCUT2D eigenvalue weighted by Crippen LogP contribution is -2.29. The standard InChI is InChI=1S/C12H17NO3/c1-13(12(14)9-15-2)8-10-5-4-6-11(7-10)16-3/h4-7H,8-9H2,1-3H3. The van der Waals surface area contributed by atoms with Crippen molar-refractivity contribution in [1.29, 1.82) is 0 Å². The van der Waals surface area contributed by atoms with E-state index < -0.39 is 0 Å². The Kier molecular flexibility index (Phi) is 4.79. The van der Waals surface area contributed by atoms with E-state index in [4.69, 9.17) is 9.47 Å². The SMILES string of the molecule is COCC(=O)N(C)Cc1cccc(OC)c1. The number of ether oxygens (including phenoxy) is 2. The predicted octanol–water partition coefficient (Wildman–Crippen LogP) is 1.30. The van der Waals surface area contributed by atoms with Crippen molar-refractivity contribution in [2.45, 2.75) is 6.54 Å². The molecule has 1 aromatic carbocycles. The van der Waals surface area contributed by atoms with Gasteiger partial charge in [-0.05, 0) is 17.7 Å². The van der Waals surface area contributed by atoms with Crippen molar-refractivity contribution >= 4 is 5.91 Å². The number of hydrogen-bond acceptors (Lipinski definition) is 3. The van der Waals surface area contributed by atoms with Crippen LogP contribution in [0.4, 0.5) is 0 Å². The number of rotatable bonds is 5. The van der Waals surface area contributed by atoms with E-state index in [0.29, 0.717) is 6.54 Å². The van der Waals surface area contributed by atoms with Gasteiger partial charge in [-0.2, -0.15) is 0 Å². The lowest BCUT2D eigenvalue weighted by molar-refractivity contribution is -0.134. The van der Waals surface area contributed by atoms with E-state index in [1.807, 2.05) is 24.3 Å². The van der Waals surface area contributed by atoms with Gasteiger partial charge in [0.05, 0.1) is 7.11 Å². The molecule has 0 atom stereocenters. The van der Waals surface area contributed by atoms with E-state index in [2.05, 4.69) is 0 Å². The smallest absolute Gasteiger partial charge is 0.248 e. The van der Waals surface area contributed by atoms with E-state index in [-0.39, 0.29) is 12.5 Å². The molecule has 0 aliphatic carbocycles. The summed E-state index contributed by atoms with van der Waals surface area (Å²) in [5.41, 5.74) is 1.03. The van der Waals surface area contributed by atoms with Crippen LogP contribution in [0.5, 0.6) is 5.75 Å². The third-order valence-corrected chi connectivity index (χ3v) is 2.25. The normalized spacial score (nSPS) is 9.94. The molecule has 0 radical (unpaired) electrons. The van der Waals surface area contributed by atoms with Gasteiger partial charge in [0.25, 0.3) is 0 Å². The number of likely N-dealkylation sites (N-methyl/N-ethyl adjacent to an activating group) is 1. The van der Waals surface area contributed by atoms with Crippen molar-refractivity contribution in [2.75, 3.05) is 27.9 Å². The molecule has 0 fully saturated rings. The van der Waals surface area contributed by atoms with Gasteiger partial charge >= 0.3 is 0 Å². The molecule has 0 saturated carbocycles. The molecule has 88 valence electrons. The van der Waals surface area contributed by atoms with Crippen LogP contribution in [-0.4, -0.2) is 38.7 Å². The zero-order valence-electron chi connectivity index (χ0n) is 9.90. The summed E-state index contributed by atoms with van der Waals surface area (Å²) in [6.07, 6.45) is 0. The topological polar surface area (TPSA) is 38.8 Å². The number of methoxy groups -OCH3 is 2. The summed E-state index contributed by atoms with van der Waals surface area (Å²) in [7, 11) is 4.89. The first-order chi connectivity index (χ1) is 7.67. The van der Waals surface area contributed by atoms with Crippen molar-refractivity contribution < 1.29 is 14.3 Å². The molecule has 1 aromatic rings. The van der Waals surface area contributed by atoms with E-state index >= 15 is 0 Å². The first-order valence-electron chi connectivity index (χ1n) is 5.03. The molecule has 0 saturated heterocycles. The third kappa shape index (κ3) is 3.55. The zero-order valence-corrected chi connectivity index (χ0v) is 9.90. The lowest BCUT2D eigenvalue weighted by Gasteiger charge is -2.17. The Morgan fingerprint density at radius 3 is 2.75 bits per heavy atom. The van der Waals surface area contributed by atoms with Gasteiger partial charge in [0.15, 0.2) is 0 Å². The molecule has 0 aliphatic heterocycles. The van der Waals surface area contributed by atoms with Gasteiger partial charge in [-0.3, -0.25) is 4.79 Å². The largest absolute Gasteiger partial charge is 0.497 e. The van der Waals surface area contributed by atoms with Crippen LogP contribution in [0.25, 0.3) is 0 Å². The molecular formula is C12H17NO3. The van der Waals surface area contributed by atoms with Gasteiger partial charge in [0.1, 0.15) is 12.4 Å². The van der Waals surface area contributed by atoms with E-state index in [9.17, 15) is 4.79 Å². The average Bonchev–Trinajstić information content (AvgIpc) is 2.29. The van der Waals surface area contributed by atoms with Crippen LogP contribution in [0, 0.1) is 0 Å². The molecule has 0 unspecified atom stereocenters. The molecule has 0 heterocycles. The van der Waals surface area contributed by atoms with Crippen LogP contribution < -0.4 is 4.74 Å². The van der Waals surface area contributed by atoms with Crippen LogP contribution in [0.2, 0.25) is 0 Å². The highest BCUT2D eigenvalue weighted by Crippen LogP contribution is 2.13. The molecule has 4 heteroatoms. The highest BCUT2D eigenvalue weighted by Gasteiger charge is 2.08. The maximum atomic E-state index is 11.5. The summed E-state index contributed by atoms with van der Waals surface area (Å²) in [5.74, 6) is 0.760. The summed E-state index contributed by atoms with van der Waals surface area (Å²) in [6.45, 7) is 0.667. The molecule has 1 amide bonds. The number of nitrogens with zero attached hydrogens (tertiary/aromatic N) is 1. The summed E-state index contributed by atoms with van der Waals surface area (Å²) in [4.78, 5) is 13.1. The molecule has 0 aromatic heterocycles. The summed E-state index contributed by atoms with van der Waals surface area (Å²) in [5, 5.41) is 0.